The summed E-state index contributed by atoms with van der Waals surface area (Å²) in [6, 6.07) is 0. The van der Waals surface area contributed by atoms with Crippen LogP contribution < -0.4 is 0 Å². The number of carboxylic acids is 1. The van der Waals surface area contributed by atoms with E-state index in [2.05, 4.69) is 10.00 Å². The molecular formula is C18H28N4O3. The molecule has 0 aliphatic carbocycles. The van der Waals surface area contributed by atoms with Gasteiger partial charge < -0.3 is 14.9 Å². The van der Waals surface area contributed by atoms with Gasteiger partial charge in [0.05, 0.1) is 5.69 Å². The van der Waals surface area contributed by atoms with Crippen molar-refractivity contribution >= 4 is 11.9 Å². The van der Waals surface area contributed by atoms with Crippen LogP contribution in [0.3, 0.4) is 0 Å². The average Bonchev–Trinajstić information content (AvgIpc) is 3.06. The summed E-state index contributed by atoms with van der Waals surface area (Å²) >= 11 is 0. The molecule has 1 aromatic rings. The molecule has 0 bridgehead atoms. The number of hydrogen-bond acceptors (Lipinski definition) is 4. The standard InChI is InChI=1S/C18H28N4O3/c1-12-13(2)19-22(14(12)3)8-6-16(23)21-9-15-5-7-20(4)10-18(15,11-21)17(24)25/h15H,5-11H2,1-4H3,(H,24,25)/t15-,18-/m0/s1. The third kappa shape index (κ3) is 3.05. The highest BCUT2D eigenvalue weighted by molar-refractivity contribution is 5.81. The smallest absolute Gasteiger partial charge is 0.313 e. The number of rotatable bonds is 4. The monoisotopic (exact) mass is 348 g/mol. The molecule has 2 aliphatic heterocycles. The lowest BCUT2D eigenvalue weighted by Gasteiger charge is -2.39. The first-order valence-corrected chi connectivity index (χ1v) is 8.95. The minimum atomic E-state index is -0.808. The highest BCUT2D eigenvalue weighted by atomic mass is 16.4. The molecule has 1 aromatic heterocycles. The number of aryl methyl sites for hydroxylation is 2. The lowest BCUT2D eigenvalue weighted by molar-refractivity contribution is -0.154. The molecule has 25 heavy (non-hydrogen) atoms. The van der Waals surface area contributed by atoms with E-state index in [4.69, 9.17) is 0 Å². The van der Waals surface area contributed by atoms with Crippen LogP contribution >= 0.6 is 0 Å². The molecule has 1 amide bonds. The fourth-order valence-electron chi connectivity index (χ4n) is 4.32. The van der Waals surface area contributed by atoms with Gasteiger partial charge in [-0.25, -0.2) is 0 Å². The molecule has 3 rings (SSSR count). The van der Waals surface area contributed by atoms with Crippen molar-refractivity contribution in [2.24, 2.45) is 11.3 Å². The lowest BCUT2D eigenvalue weighted by atomic mass is 9.73. The van der Waals surface area contributed by atoms with Crippen LogP contribution in [-0.2, 0) is 16.1 Å². The first kappa shape index (κ1) is 17.9. The summed E-state index contributed by atoms with van der Waals surface area (Å²) in [6.45, 7) is 8.87. The van der Waals surface area contributed by atoms with Gasteiger partial charge in [-0.05, 0) is 52.3 Å². The number of aliphatic carboxylic acids is 1. The van der Waals surface area contributed by atoms with Crippen LogP contribution in [-0.4, -0.2) is 69.8 Å². The number of carbonyl (C=O) groups excluding carboxylic acids is 1. The zero-order chi connectivity index (χ0) is 18.4. The number of fused-ring (bicyclic) bond motifs is 1. The molecule has 0 aromatic carbocycles. The Morgan fingerprint density at radius 3 is 2.60 bits per heavy atom. The fraction of sp³-hybridized carbons (Fsp3) is 0.722. The van der Waals surface area contributed by atoms with Gasteiger partial charge in [-0.1, -0.05) is 0 Å². The Morgan fingerprint density at radius 1 is 1.28 bits per heavy atom. The van der Waals surface area contributed by atoms with Crippen LogP contribution in [0, 0.1) is 32.1 Å². The Labute approximate surface area is 148 Å². The number of piperidine rings is 1. The summed E-state index contributed by atoms with van der Waals surface area (Å²) in [7, 11) is 1.95. The minimum absolute atomic E-state index is 0.0304. The molecule has 0 radical (unpaired) electrons. The lowest BCUT2D eigenvalue weighted by Crippen LogP contribution is -2.52. The Bertz CT molecular complexity index is 699. The Kier molecular flexibility index (Phi) is 4.62. The van der Waals surface area contributed by atoms with E-state index in [0.717, 1.165) is 29.9 Å². The second kappa shape index (κ2) is 6.44. The van der Waals surface area contributed by atoms with Crippen LogP contribution in [0.25, 0.3) is 0 Å². The number of carbonyl (C=O) groups is 2. The Balaban J connectivity index is 1.67. The van der Waals surface area contributed by atoms with Gasteiger partial charge in [0, 0.05) is 38.3 Å². The molecular weight excluding hydrogens is 320 g/mol. The molecule has 1 N–H and O–H groups in total. The highest BCUT2D eigenvalue weighted by Crippen LogP contribution is 2.42. The summed E-state index contributed by atoms with van der Waals surface area (Å²) < 4.78 is 1.88. The quantitative estimate of drug-likeness (QED) is 0.880. The Hall–Kier alpha value is -1.89. The van der Waals surface area contributed by atoms with Crippen molar-refractivity contribution in [1.82, 2.24) is 19.6 Å². The van der Waals surface area contributed by atoms with Gasteiger partial charge in [0.15, 0.2) is 0 Å². The zero-order valence-corrected chi connectivity index (χ0v) is 15.6. The van der Waals surface area contributed by atoms with Gasteiger partial charge in [0.2, 0.25) is 5.91 Å². The minimum Gasteiger partial charge on any atom is -0.481 e. The van der Waals surface area contributed by atoms with Crippen molar-refractivity contribution in [3.05, 3.63) is 17.0 Å². The average molecular weight is 348 g/mol. The maximum atomic E-state index is 12.7. The van der Waals surface area contributed by atoms with E-state index in [-0.39, 0.29) is 11.8 Å². The van der Waals surface area contributed by atoms with E-state index in [1.54, 1.807) is 4.90 Å². The normalized spacial score (nSPS) is 26.7. The van der Waals surface area contributed by atoms with E-state index in [1.165, 1.54) is 0 Å². The van der Waals surface area contributed by atoms with Crippen molar-refractivity contribution < 1.29 is 14.7 Å². The van der Waals surface area contributed by atoms with Gasteiger partial charge >= 0.3 is 5.97 Å². The number of aromatic nitrogens is 2. The van der Waals surface area contributed by atoms with Crippen molar-refractivity contribution in [1.29, 1.82) is 0 Å². The molecule has 0 spiro atoms. The van der Waals surface area contributed by atoms with Crippen LogP contribution in [0.1, 0.15) is 29.8 Å². The second-order valence-corrected chi connectivity index (χ2v) is 7.73. The molecule has 138 valence electrons. The molecule has 2 saturated heterocycles. The first-order valence-electron chi connectivity index (χ1n) is 8.95. The van der Waals surface area contributed by atoms with Crippen molar-refractivity contribution in [2.45, 2.75) is 40.2 Å². The molecule has 3 heterocycles. The predicted molar refractivity (Wildman–Crippen MR) is 93.3 cm³/mol. The number of amides is 1. The molecule has 2 atom stereocenters. The van der Waals surface area contributed by atoms with Crippen molar-refractivity contribution in [3.8, 4) is 0 Å². The summed E-state index contributed by atoms with van der Waals surface area (Å²) in [5.74, 6) is -0.683. The molecule has 0 unspecified atom stereocenters. The SMILES string of the molecule is Cc1nn(CCC(=O)N2C[C@@H]3CCN(C)C[C@]3(C(=O)O)C2)c(C)c1C. The summed E-state index contributed by atoms with van der Waals surface area (Å²) in [6.07, 6.45) is 1.20. The third-order valence-corrected chi connectivity index (χ3v) is 6.17. The first-order chi connectivity index (χ1) is 11.7. The topological polar surface area (TPSA) is 78.7 Å². The van der Waals surface area contributed by atoms with Crippen LogP contribution in [0.15, 0.2) is 0 Å². The summed E-state index contributed by atoms with van der Waals surface area (Å²) in [4.78, 5) is 28.5. The van der Waals surface area contributed by atoms with Gasteiger partial charge in [0.1, 0.15) is 5.41 Å². The van der Waals surface area contributed by atoms with Crippen molar-refractivity contribution in [3.63, 3.8) is 0 Å². The van der Waals surface area contributed by atoms with E-state index >= 15 is 0 Å². The molecule has 0 saturated carbocycles. The number of likely N-dealkylation sites (tertiary alicyclic amines) is 2. The Morgan fingerprint density at radius 2 is 2.00 bits per heavy atom. The largest absolute Gasteiger partial charge is 0.481 e. The molecule has 2 aliphatic rings. The number of nitrogens with zero attached hydrogens (tertiary/aromatic N) is 4. The highest BCUT2D eigenvalue weighted by Gasteiger charge is 2.55. The van der Waals surface area contributed by atoms with E-state index in [1.807, 2.05) is 32.5 Å². The van der Waals surface area contributed by atoms with E-state index in [9.17, 15) is 14.7 Å². The number of hydrogen-bond donors (Lipinski definition) is 1. The second-order valence-electron chi connectivity index (χ2n) is 7.73. The van der Waals surface area contributed by atoms with Gasteiger partial charge in [0.25, 0.3) is 0 Å². The number of carboxylic acid groups (broad SMARTS) is 1. The summed E-state index contributed by atoms with van der Waals surface area (Å²) in [5, 5.41) is 14.3. The maximum Gasteiger partial charge on any atom is 0.313 e. The van der Waals surface area contributed by atoms with Gasteiger partial charge in [-0.15, -0.1) is 0 Å². The van der Waals surface area contributed by atoms with Gasteiger partial charge in [-0.3, -0.25) is 14.3 Å². The predicted octanol–water partition coefficient (Wildman–Crippen LogP) is 1.06. The van der Waals surface area contributed by atoms with Crippen LogP contribution in [0.4, 0.5) is 0 Å². The molecule has 7 heteroatoms. The van der Waals surface area contributed by atoms with Crippen LogP contribution in [0.2, 0.25) is 0 Å². The molecule has 7 nitrogen and oxygen atoms in total. The zero-order valence-electron chi connectivity index (χ0n) is 15.6. The third-order valence-electron chi connectivity index (χ3n) is 6.17. The van der Waals surface area contributed by atoms with Crippen molar-refractivity contribution in [2.75, 3.05) is 33.2 Å². The van der Waals surface area contributed by atoms with E-state index in [0.29, 0.717) is 32.6 Å². The van der Waals surface area contributed by atoms with Gasteiger partial charge in [-0.2, -0.15) is 5.10 Å². The maximum absolute atomic E-state index is 12.7. The fourth-order valence-corrected chi connectivity index (χ4v) is 4.32. The van der Waals surface area contributed by atoms with E-state index < -0.39 is 11.4 Å². The van der Waals surface area contributed by atoms with Crippen LogP contribution in [0.5, 0.6) is 0 Å². The molecule has 2 fully saturated rings. The summed E-state index contributed by atoms with van der Waals surface area (Å²) in [5.41, 5.74) is 2.43.